The molecule has 1 saturated heterocycles. The molecule has 0 bridgehead atoms. The number of hydrogen-bond donors (Lipinski definition) is 0. The summed E-state index contributed by atoms with van der Waals surface area (Å²) in [5.74, 6) is 2.74. The Labute approximate surface area is 191 Å². The average molecular weight is 540 g/mol. The van der Waals surface area contributed by atoms with Crippen LogP contribution in [-0.4, -0.2) is 29.8 Å². The number of carbonyl (C=O) groups excluding carboxylic acids is 2. The average Bonchev–Trinajstić information content (AvgIpc) is 2.95. The molecule has 2 amide bonds. The van der Waals surface area contributed by atoms with Gasteiger partial charge in [-0.1, -0.05) is 29.7 Å². The lowest BCUT2D eigenvalue weighted by atomic mass is 10.1. The van der Waals surface area contributed by atoms with Crippen molar-refractivity contribution in [1.29, 1.82) is 0 Å². The number of imide groups is 1. The monoisotopic (exact) mass is 539 g/mol. The maximum absolute atomic E-state index is 12.7. The van der Waals surface area contributed by atoms with Crippen molar-refractivity contribution in [2.75, 3.05) is 13.7 Å². The van der Waals surface area contributed by atoms with Gasteiger partial charge in [0, 0.05) is 3.57 Å². The number of halogens is 2. The Hall–Kier alpha value is -2.15. The van der Waals surface area contributed by atoms with Crippen molar-refractivity contribution < 1.29 is 19.1 Å². The Bertz CT molecular complexity index is 1030. The normalized spacial score (nSPS) is 15.0. The first-order valence-corrected chi connectivity index (χ1v) is 10.6. The van der Waals surface area contributed by atoms with E-state index in [9.17, 15) is 9.59 Å². The van der Waals surface area contributed by atoms with E-state index in [1.807, 2.05) is 24.3 Å². The van der Waals surface area contributed by atoms with Crippen molar-refractivity contribution in [2.45, 2.75) is 6.54 Å². The van der Waals surface area contributed by atoms with Crippen LogP contribution in [0.4, 0.5) is 4.79 Å². The summed E-state index contributed by atoms with van der Waals surface area (Å²) < 4.78 is 11.8. The van der Waals surface area contributed by atoms with Crippen LogP contribution in [0.2, 0.25) is 5.02 Å². The molecular formula is C21H15ClINO4S. The predicted octanol–water partition coefficient (Wildman–Crippen LogP) is 5.20. The minimum atomic E-state index is -0.346. The molecule has 0 unspecified atom stereocenters. The van der Waals surface area contributed by atoms with Gasteiger partial charge in [0.1, 0.15) is 6.61 Å². The lowest BCUT2D eigenvalue weighted by Crippen LogP contribution is -2.27. The van der Waals surface area contributed by atoms with Gasteiger partial charge in [-0.2, -0.15) is 0 Å². The molecule has 1 aliphatic heterocycles. The van der Waals surface area contributed by atoms with E-state index in [-0.39, 0.29) is 24.3 Å². The van der Waals surface area contributed by atoms with Gasteiger partial charge in [-0.25, -0.2) is 0 Å². The van der Waals surface area contributed by atoms with Gasteiger partial charge in [0.15, 0.2) is 11.5 Å². The molecule has 3 rings (SSSR count). The highest BCUT2D eigenvalue weighted by atomic mass is 127. The van der Waals surface area contributed by atoms with Crippen molar-refractivity contribution in [1.82, 2.24) is 4.90 Å². The maximum Gasteiger partial charge on any atom is 0.293 e. The van der Waals surface area contributed by atoms with Gasteiger partial charge in [-0.05, 0) is 75.8 Å². The first-order valence-electron chi connectivity index (χ1n) is 8.36. The van der Waals surface area contributed by atoms with Crippen LogP contribution in [0.5, 0.6) is 11.5 Å². The fourth-order valence-electron chi connectivity index (χ4n) is 2.64. The van der Waals surface area contributed by atoms with Crippen molar-refractivity contribution in [3.8, 4) is 23.8 Å². The molecule has 29 heavy (non-hydrogen) atoms. The van der Waals surface area contributed by atoms with Crippen LogP contribution in [0.25, 0.3) is 6.08 Å². The summed E-state index contributed by atoms with van der Waals surface area (Å²) in [5, 5.41) is -0.0178. The molecule has 0 aliphatic carbocycles. The summed E-state index contributed by atoms with van der Waals surface area (Å²) >= 11 is 9.37. The zero-order valence-corrected chi connectivity index (χ0v) is 19.0. The van der Waals surface area contributed by atoms with E-state index in [0.29, 0.717) is 27.0 Å². The molecule has 1 aliphatic rings. The SMILES string of the molecule is C#CCOc1c(Cl)cc(/C=C2\SC(=O)N(Cc3ccc(I)cc3)C2=O)cc1OC. The highest BCUT2D eigenvalue weighted by Gasteiger charge is 2.35. The van der Waals surface area contributed by atoms with E-state index in [2.05, 4.69) is 28.5 Å². The largest absolute Gasteiger partial charge is 0.493 e. The number of hydrogen-bond acceptors (Lipinski definition) is 5. The van der Waals surface area contributed by atoms with Crippen LogP contribution in [-0.2, 0) is 11.3 Å². The zero-order chi connectivity index (χ0) is 21.0. The van der Waals surface area contributed by atoms with E-state index < -0.39 is 0 Å². The molecule has 0 spiro atoms. The van der Waals surface area contributed by atoms with Crippen molar-refractivity contribution in [3.05, 3.63) is 61.0 Å². The number of carbonyl (C=O) groups is 2. The Morgan fingerprint density at radius 2 is 2.00 bits per heavy atom. The summed E-state index contributed by atoms with van der Waals surface area (Å²) in [4.78, 5) is 26.6. The van der Waals surface area contributed by atoms with Crippen LogP contribution in [0.1, 0.15) is 11.1 Å². The quantitative estimate of drug-likeness (QED) is 0.287. The minimum Gasteiger partial charge on any atom is -0.493 e. The van der Waals surface area contributed by atoms with Gasteiger partial charge < -0.3 is 9.47 Å². The molecule has 1 fully saturated rings. The topological polar surface area (TPSA) is 55.8 Å². The third-order valence-corrected chi connectivity index (χ3v) is 5.88. The van der Waals surface area contributed by atoms with Crippen molar-refractivity contribution >= 4 is 63.2 Å². The first-order chi connectivity index (χ1) is 13.9. The van der Waals surface area contributed by atoms with E-state index in [0.717, 1.165) is 20.9 Å². The van der Waals surface area contributed by atoms with E-state index in [1.54, 1.807) is 18.2 Å². The molecule has 0 N–H and O–H groups in total. The third kappa shape index (κ3) is 5.07. The highest BCUT2D eigenvalue weighted by Crippen LogP contribution is 2.39. The first kappa shape index (κ1) is 21.6. The summed E-state index contributed by atoms with van der Waals surface area (Å²) in [6.45, 7) is 0.273. The zero-order valence-electron chi connectivity index (χ0n) is 15.3. The number of terminal acetylenes is 1. The molecule has 148 valence electrons. The number of ether oxygens (including phenoxy) is 2. The number of amides is 2. The summed E-state index contributed by atoms with van der Waals surface area (Å²) in [5.41, 5.74) is 1.49. The fourth-order valence-corrected chi connectivity index (χ4v) is 4.11. The molecule has 0 aromatic heterocycles. The molecule has 0 saturated carbocycles. The second-order valence-corrected chi connectivity index (χ2v) is 8.57. The lowest BCUT2D eigenvalue weighted by molar-refractivity contribution is -0.123. The third-order valence-electron chi connectivity index (χ3n) is 3.98. The smallest absolute Gasteiger partial charge is 0.293 e. The number of thioether (sulfide) groups is 1. The molecule has 1 heterocycles. The van der Waals surface area contributed by atoms with E-state index in [1.165, 1.54) is 12.0 Å². The molecule has 2 aromatic carbocycles. The van der Waals surface area contributed by atoms with Crippen molar-refractivity contribution in [2.24, 2.45) is 0 Å². The van der Waals surface area contributed by atoms with Crippen LogP contribution < -0.4 is 9.47 Å². The van der Waals surface area contributed by atoms with Crippen LogP contribution in [0.15, 0.2) is 41.3 Å². The number of rotatable bonds is 6. The minimum absolute atomic E-state index is 0.0485. The Morgan fingerprint density at radius 3 is 2.66 bits per heavy atom. The second-order valence-electron chi connectivity index (χ2n) is 5.92. The standard InChI is InChI=1S/C21H15ClINO4S/c1-3-8-28-19-16(22)9-14(10-17(19)27-2)11-18-20(25)24(21(26)29-18)12-13-4-6-15(23)7-5-13/h1,4-7,9-11H,8,12H2,2H3/b18-11-. The number of nitrogens with zero attached hydrogens (tertiary/aromatic N) is 1. The molecule has 0 radical (unpaired) electrons. The molecule has 8 heteroatoms. The Morgan fingerprint density at radius 1 is 1.28 bits per heavy atom. The fraction of sp³-hybridized carbons (Fsp3) is 0.143. The van der Waals surface area contributed by atoms with Crippen LogP contribution >= 0.6 is 46.0 Å². The van der Waals surface area contributed by atoms with Gasteiger partial charge >= 0.3 is 0 Å². The summed E-state index contributed by atoms with van der Waals surface area (Å²) in [6, 6.07) is 11.0. The molecule has 5 nitrogen and oxygen atoms in total. The molecule has 0 atom stereocenters. The predicted molar refractivity (Wildman–Crippen MR) is 123 cm³/mol. The van der Waals surface area contributed by atoms with E-state index >= 15 is 0 Å². The summed E-state index contributed by atoms with van der Waals surface area (Å²) in [6.07, 6.45) is 6.82. The van der Waals surface area contributed by atoms with Gasteiger partial charge in [0.2, 0.25) is 0 Å². The molecule has 2 aromatic rings. The number of benzene rings is 2. The van der Waals surface area contributed by atoms with Gasteiger partial charge in [-0.15, -0.1) is 6.42 Å². The van der Waals surface area contributed by atoms with Gasteiger partial charge in [-0.3, -0.25) is 14.5 Å². The van der Waals surface area contributed by atoms with Crippen molar-refractivity contribution in [3.63, 3.8) is 0 Å². The van der Waals surface area contributed by atoms with Gasteiger partial charge in [0.05, 0.1) is 23.6 Å². The Kier molecular flexibility index (Phi) is 7.11. The number of methoxy groups -OCH3 is 1. The maximum atomic E-state index is 12.7. The van der Waals surface area contributed by atoms with Crippen LogP contribution in [0, 0.1) is 15.9 Å². The highest BCUT2D eigenvalue weighted by molar-refractivity contribution is 14.1. The Balaban J connectivity index is 1.84. The van der Waals surface area contributed by atoms with Crippen LogP contribution in [0.3, 0.4) is 0 Å². The van der Waals surface area contributed by atoms with E-state index in [4.69, 9.17) is 27.5 Å². The summed E-state index contributed by atoms with van der Waals surface area (Å²) in [7, 11) is 1.48. The lowest BCUT2D eigenvalue weighted by Gasteiger charge is -2.13. The second kappa shape index (κ2) is 9.57. The van der Waals surface area contributed by atoms with Gasteiger partial charge in [0.25, 0.3) is 11.1 Å². The molecular weight excluding hydrogens is 525 g/mol.